The number of hydrogen-bond acceptors (Lipinski definition) is 17. The number of carboxylic acids is 2. The van der Waals surface area contributed by atoms with E-state index in [0.29, 0.717) is 43.4 Å². The number of phenols is 1. The quantitative estimate of drug-likeness (QED) is 0.0322. The van der Waals surface area contributed by atoms with Crippen molar-refractivity contribution in [1.29, 1.82) is 0 Å². The molecule has 3 fully saturated rings. The van der Waals surface area contributed by atoms with Gasteiger partial charge in [0.2, 0.25) is 53.2 Å². The number of aromatic hydroxyl groups is 1. The van der Waals surface area contributed by atoms with Crippen LogP contribution in [0.25, 0.3) is 0 Å². The van der Waals surface area contributed by atoms with Gasteiger partial charge in [0, 0.05) is 50.8 Å². The van der Waals surface area contributed by atoms with Crippen molar-refractivity contribution in [1.82, 2.24) is 56.6 Å². The van der Waals surface area contributed by atoms with Crippen molar-refractivity contribution >= 4 is 65.1 Å². The predicted octanol–water partition coefficient (Wildman–Crippen LogP) is -3.78. The summed E-state index contributed by atoms with van der Waals surface area (Å²) in [6, 6.07) is -7.58. The summed E-state index contributed by atoms with van der Waals surface area (Å²) >= 11 is 0. The molecule has 1 aromatic heterocycles. The first-order valence-corrected chi connectivity index (χ1v) is 27.7. The molecule has 82 heavy (non-hydrogen) atoms. The van der Waals surface area contributed by atoms with E-state index in [0.717, 1.165) is 4.90 Å². The maximum absolute atomic E-state index is 14.7. The normalized spacial score (nSPS) is 19.8. The number of H-pyrrole nitrogens is 1. The number of amides is 9. The number of hydrogen-bond donors (Lipinski definition) is 14. The number of nitrogens with two attached hydrogens (primary N) is 2. The molecule has 2 aromatic rings. The fourth-order valence-electron chi connectivity index (χ4n) is 10.2. The van der Waals surface area contributed by atoms with Gasteiger partial charge in [-0.2, -0.15) is 0 Å². The maximum atomic E-state index is 14.7. The lowest BCUT2D eigenvalue weighted by Crippen LogP contribution is -2.61. The Kier molecular flexibility index (Phi) is 25.0. The number of unbranched alkanes of at least 4 members (excludes halogenated alkanes) is 1. The molecular formula is C53H79N13O16. The van der Waals surface area contributed by atoms with Gasteiger partial charge in [0.25, 0.3) is 0 Å². The molecule has 0 radical (unpaired) electrons. The average Bonchev–Trinajstić information content (AvgIpc) is 4.37. The van der Waals surface area contributed by atoms with E-state index < -0.39 is 157 Å². The summed E-state index contributed by atoms with van der Waals surface area (Å²) in [5.74, 6) is -10.4. The van der Waals surface area contributed by atoms with E-state index in [-0.39, 0.29) is 76.9 Å². The van der Waals surface area contributed by atoms with E-state index in [1.165, 1.54) is 46.6 Å². The van der Waals surface area contributed by atoms with Crippen molar-refractivity contribution < 1.29 is 78.3 Å². The van der Waals surface area contributed by atoms with Gasteiger partial charge in [-0.05, 0) is 94.4 Å². The summed E-state index contributed by atoms with van der Waals surface area (Å²) in [6.45, 7) is 2.44. The Bertz CT molecular complexity index is 2550. The van der Waals surface area contributed by atoms with Crippen LogP contribution >= 0.6 is 0 Å². The molecule has 452 valence electrons. The maximum Gasteiger partial charge on any atom is 0.326 e. The molecule has 0 aliphatic carbocycles. The van der Waals surface area contributed by atoms with Gasteiger partial charge in [-0.1, -0.05) is 32.4 Å². The van der Waals surface area contributed by atoms with Crippen LogP contribution in [0, 0.1) is 5.92 Å². The molecule has 0 bridgehead atoms. The van der Waals surface area contributed by atoms with Crippen LogP contribution in [0.4, 0.5) is 0 Å². The predicted molar refractivity (Wildman–Crippen MR) is 289 cm³/mol. The van der Waals surface area contributed by atoms with Crippen LogP contribution in [0.5, 0.6) is 5.75 Å². The SMILES string of the molecule is CC[C@H](C)[C@H](NC(=O)[C@H](Cc1cnc[nH]1)NC(=O)[C@@H]1CCCN1C(=O)[C@@H](N)CO)C(=O)N1CCC[C@H]1C(=O)N[C@@H](CCCCN)C(=O)N[C@@H](Cc1ccc(O)cc1)C(=O)N[C@@H](CO)C(=O)N1CCC[C@H]1C(=O)N[C@@H](CCC(=O)O)C(=O)O. The number of aliphatic hydroxyl groups is 2. The second-order valence-corrected chi connectivity index (χ2v) is 20.9. The highest BCUT2D eigenvalue weighted by Gasteiger charge is 2.44. The Balaban J connectivity index is 1.33. The molecule has 3 aliphatic rings. The van der Waals surface area contributed by atoms with Crippen LogP contribution < -0.4 is 43.4 Å². The Morgan fingerprint density at radius 3 is 1.67 bits per heavy atom. The minimum atomic E-state index is -1.68. The van der Waals surface area contributed by atoms with Gasteiger partial charge in [-0.3, -0.25) is 47.9 Å². The molecule has 0 saturated carbocycles. The lowest BCUT2D eigenvalue weighted by Gasteiger charge is -2.33. The first kappa shape index (κ1) is 65.1. The number of carbonyl (C=O) groups is 11. The number of benzene rings is 1. The van der Waals surface area contributed by atoms with Crippen molar-refractivity contribution in [3.63, 3.8) is 0 Å². The topological polar surface area (TPSA) is 452 Å². The van der Waals surface area contributed by atoms with Crippen LogP contribution in [0.2, 0.25) is 0 Å². The van der Waals surface area contributed by atoms with E-state index >= 15 is 0 Å². The number of phenolic OH excluding ortho intramolecular Hbond substituents is 1. The van der Waals surface area contributed by atoms with Gasteiger partial charge in [0.1, 0.15) is 66.2 Å². The third-order valence-electron chi connectivity index (χ3n) is 15.1. The first-order chi connectivity index (χ1) is 39.1. The number of imidazole rings is 1. The molecule has 5 rings (SSSR count). The van der Waals surface area contributed by atoms with E-state index in [1.807, 2.05) is 0 Å². The van der Waals surface area contributed by atoms with Crippen molar-refractivity contribution in [2.24, 2.45) is 17.4 Å². The smallest absolute Gasteiger partial charge is 0.326 e. The number of nitrogens with one attached hydrogen (secondary N) is 7. The molecule has 4 heterocycles. The summed E-state index contributed by atoms with van der Waals surface area (Å²) < 4.78 is 0. The Morgan fingerprint density at radius 1 is 0.646 bits per heavy atom. The number of carbonyl (C=O) groups excluding carboxylic acids is 9. The van der Waals surface area contributed by atoms with Crippen LogP contribution in [0.3, 0.4) is 0 Å². The van der Waals surface area contributed by atoms with Gasteiger partial charge >= 0.3 is 11.9 Å². The molecule has 3 saturated heterocycles. The van der Waals surface area contributed by atoms with Gasteiger partial charge < -0.3 is 88.6 Å². The number of aromatic nitrogens is 2. The molecule has 3 aliphatic heterocycles. The second kappa shape index (κ2) is 31.5. The second-order valence-electron chi connectivity index (χ2n) is 20.9. The summed E-state index contributed by atoms with van der Waals surface area (Å²) in [5, 5.41) is 64.4. The van der Waals surface area contributed by atoms with Gasteiger partial charge in [-0.15, -0.1) is 0 Å². The van der Waals surface area contributed by atoms with Gasteiger partial charge in [0.05, 0.1) is 19.5 Å². The standard InChI is InChI=1S/C53H79N13O16/c1-3-29(2)43(63-46(74)37(24-31-25-56-28-57-31)61-49(77)39-10-6-20-64(39)50(78)33(55)26-67)52(80)66-22-8-12-41(66)47(75)58-34(9-4-5-19-54)44(72)60-36(23-30-13-15-32(69)16-14-30)45(73)62-38(27-68)51(79)65-21-7-11-40(65)48(76)59-35(53(81)82)17-18-42(70)71/h13-16,25,28-29,33-41,43,67-69H,3-12,17-24,26-27,54-55H2,1-2H3,(H,56,57)(H,58,75)(H,59,76)(H,60,72)(H,61,77)(H,62,73)(H,63,74)(H,70,71)(H,81,82)/t29-,33-,34-,35-,36-,37-,38-,39-,40-,41-,43-/m0/s1. The first-order valence-electron chi connectivity index (χ1n) is 27.7. The molecule has 0 unspecified atom stereocenters. The zero-order chi connectivity index (χ0) is 60.2. The number of nitrogens with zero attached hydrogens (tertiary/aromatic N) is 4. The van der Waals surface area contributed by atoms with Crippen molar-refractivity contribution in [3.05, 3.63) is 48.0 Å². The van der Waals surface area contributed by atoms with E-state index in [9.17, 15) is 73.2 Å². The Hall–Kier alpha value is -7.76. The summed E-state index contributed by atoms with van der Waals surface area (Å²) in [6.07, 6.45) is 4.29. The van der Waals surface area contributed by atoms with Crippen molar-refractivity contribution in [2.75, 3.05) is 39.4 Å². The van der Waals surface area contributed by atoms with E-state index in [1.54, 1.807) is 13.8 Å². The minimum absolute atomic E-state index is 0.00814. The van der Waals surface area contributed by atoms with Crippen molar-refractivity contribution in [2.45, 2.75) is 164 Å². The van der Waals surface area contributed by atoms with Gasteiger partial charge in [-0.25, -0.2) is 9.78 Å². The fraction of sp³-hybridized carbons (Fsp3) is 0.623. The monoisotopic (exact) mass is 1150 g/mol. The lowest BCUT2D eigenvalue weighted by molar-refractivity contribution is -0.146. The fourth-order valence-corrected chi connectivity index (χ4v) is 10.2. The number of aliphatic hydroxyl groups excluding tert-OH is 2. The van der Waals surface area contributed by atoms with Crippen LogP contribution in [0.15, 0.2) is 36.8 Å². The number of carboxylic acid groups (broad SMARTS) is 2. The number of aromatic amines is 1. The summed E-state index contributed by atoms with van der Waals surface area (Å²) in [4.78, 5) is 160. The highest BCUT2D eigenvalue weighted by molar-refractivity contribution is 5.99. The van der Waals surface area contributed by atoms with E-state index in [2.05, 4.69) is 41.9 Å². The molecule has 29 heteroatoms. The molecule has 11 atom stereocenters. The number of rotatable bonds is 31. The summed E-state index contributed by atoms with van der Waals surface area (Å²) in [7, 11) is 0. The minimum Gasteiger partial charge on any atom is -0.508 e. The highest BCUT2D eigenvalue weighted by atomic mass is 16.4. The molecule has 1 aromatic carbocycles. The third kappa shape index (κ3) is 17.9. The number of likely N-dealkylation sites (tertiary alicyclic amines) is 3. The average molecular weight is 1150 g/mol. The molecule has 0 spiro atoms. The zero-order valence-electron chi connectivity index (χ0n) is 46.1. The molecular weight excluding hydrogens is 1070 g/mol. The summed E-state index contributed by atoms with van der Waals surface area (Å²) in [5.41, 5.74) is 12.5. The Labute approximate surface area is 473 Å². The third-order valence-corrected chi connectivity index (χ3v) is 15.1. The Morgan fingerprint density at radius 2 is 1.16 bits per heavy atom. The van der Waals surface area contributed by atoms with Crippen molar-refractivity contribution in [3.8, 4) is 5.75 Å². The van der Waals surface area contributed by atoms with Crippen LogP contribution in [0.1, 0.15) is 102 Å². The largest absolute Gasteiger partial charge is 0.508 e. The molecule has 16 N–H and O–H groups in total. The zero-order valence-corrected chi connectivity index (χ0v) is 46.1. The van der Waals surface area contributed by atoms with E-state index in [4.69, 9.17) is 16.6 Å². The number of aliphatic carboxylic acids is 2. The lowest BCUT2D eigenvalue weighted by atomic mass is 9.96. The molecule has 9 amide bonds. The molecule has 29 nitrogen and oxygen atoms in total. The highest BCUT2D eigenvalue weighted by Crippen LogP contribution is 2.24. The van der Waals surface area contributed by atoms with Gasteiger partial charge in [0.15, 0.2) is 0 Å². The van der Waals surface area contributed by atoms with Crippen LogP contribution in [-0.2, 0) is 65.6 Å². The van der Waals surface area contributed by atoms with Crippen LogP contribution in [-0.4, -0.2) is 215 Å².